The Morgan fingerprint density at radius 1 is 1.03 bits per heavy atom. The number of aromatic nitrogens is 1. The highest BCUT2D eigenvalue weighted by atomic mass is 16.6. The lowest BCUT2D eigenvalue weighted by atomic mass is 10.2. The molecule has 0 aliphatic rings. The predicted molar refractivity (Wildman–Crippen MR) is 122 cm³/mol. The van der Waals surface area contributed by atoms with Gasteiger partial charge in [-0.1, -0.05) is 60.7 Å². The standard InChI is InChI=1S/C24H20N4O4/c29-24(17-32-23-13-7-6-12-22(23)28(30)31)26-25-14-19-16-27(15-18-8-2-1-3-9-18)21-11-5-4-10-20(19)21/h1-14,16H,15,17H2,(H,26,29)/b25-14-. The van der Waals surface area contributed by atoms with Gasteiger partial charge in [-0.05, 0) is 17.7 Å². The van der Waals surface area contributed by atoms with Crippen LogP contribution in [0.15, 0.2) is 90.2 Å². The second-order valence-electron chi connectivity index (χ2n) is 7.02. The van der Waals surface area contributed by atoms with Crippen LogP contribution < -0.4 is 10.2 Å². The molecule has 160 valence electrons. The van der Waals surface area contributed by atoms with Gasteiger partial charge >= 0.3 is 5.69 Å². The van der Waals surface area contributed by atoms with Crippen molar-refractivity contribution in [1.29, 1.82) is 0 Å². The molecular weight excluding hydrogens is 408 g/mol. The Bertz CT molecular complexity index is 1280. The Morgan fingerprint density at radius 3 is 2.56 bits per heavy atom. The Hall–Kier alpha value is -4.46. The number of hydrazone groups is 1. The van der Waals surface area contributed by atoms with Gasteiger partial charge in [0.1, 0.15) is 0 Å². The van der Waals surface area contributed by atoms with E-state index in [1.165, 1.54) is 23.8 Å². The number of carbonyl (C=O) groups is 1. The summed E-state index contributed by atoms with van der Waals surface area (Å²) in [5.41, 5.74) is 5.30. The summed E-state index contributed by atoms with van der Waals surface area (Å²) in [5, 5.41) is 16.1. The normalized spacial score (nSPS) is 11.0. The fourth-order valence-electron chi connectivity index (χ4n) is 3.37. The monoisotopic (exact) mass is 428 g/mol. The zero-order valence-electron chi connectivity index (χ0n) is 17.0. The molecule has 0 spiro atoms. The average Bonchev–Trinajstić information content (AvgIpc) is 3.16. The summed E-state index contributed by atoms with van der Waals surface area (Å²) >= 11 is 0. The molecule has 0 aliphatic heterocycles. The van der Waals surface area contributed by atoms with E-state index in [0.29, 0.717) is 6.54 Å². The molecule has 1 amide bonds. The van der Waals surface area contributed by atoms with Crippen molar-refractivity contribution in [3.8, 4) is 5.75 Å². The molecule has 3 aromatic carbocycles. The maximum absolute atomic E-state index is 12.1. The molecule has 1 heterocycles. The number of fused-ring (bicyclic) bond motifs is 1. The number of nitrogens with zero attached hydrogens (tertiary/aromatic N) is 3. The average molecular weight is 428 g/mol. The highest BCUT2D eigenvalue weighted by Gasteiger charge is 2.14. The van der Waals surface area contributed by atoms with Crippen LogP contribution in [0, 0.1) is 10.1 Å². The molecule has 1 aromatic heterocycles. The molecule has 8 heteroatoms. The molecule has 0 unspecified atom stereocenters. The van der Waals surface area contributed by atoms with Gasteiger partial charge in [-0.15, -0.1) is 0 Å². The lowest BCUT2D eigenvalue weighted by molar-refractivity contribution is -0.385. The van der Waals surface area contributed by atoms with Crippen LogP contribution in [0.2, 0.25) is 0 Å². The van der Waals surface area contributed by atoms with E-state index in [0.717, 1.165) is 16.5 Å². The van der Waals surface area contributed by atoms with E-state index >= 15 is 0 Å². The van der Waals surface area contributed by atoms with E-state index in [4.69, 9.17) is 4.74 Å². The van der Waals surface area contributed by atoms with Crippen molar-refractivity contribution in [2.45, 2.75) is 6.54 Å². The van der Waals surface area contributed by atoms with E-state index < -0.39 is 17.4 Å². The highest BCUT2D eigenvalue weighted by Crippen LogP contribution is 2.25. The maximum Gasteiger partial charge on any atom is 0.310 e. The molecular formula is C24H20N4O4. The number of nitro groups is 1. The number of ether oxygens (including phenoxy) is 1. The molecule has 0 saturated heterocycles. The van der Waals surface area contributed by atoms with Crippen molar-refractivity contribution in [2.24, 2.45) is 5.10 Å². The Kier molecular flexibility index (Phi) is 6.22. The third kappa shape index (κ3) is 4.81. The Labute approximate surface area is 183 Å². The molecule has 8 nitrogen and oxygen atoms in total. The van der Waals surface area contributed by atoms with Gasteiger partial charge in [0, 0.05) is 35.3 Å². The van der Waals surface area contributed by atoms with Crippen LogP contribution in [0.25, 0.3) is 10.9 Å². The van der Waals surface area contributed by atoms with Gasteiger partial charge in [0.25, 0.3) is 5.91 Å². The highest BCUT2D eigenvalue weighted by molar-refractivity contribution is 5.99. The smallest absolute Gasteiger partial charge is 0.310 e. The summed E-state index contributed by atoms with van der Waals surface area (Å²) in [7, 11) is 0. The minimum Gasteiger partial charge on any atom is -0.477 e. The number of hydrogen-bond acceptors (Lipinski definition) is 5. The summed E-state index contributed by atoms with van der Waals surface area (Å²) < 4.78 is 7.40. The summed E-state index contributed by atoms with van der Waals surface area (Å²) in [6.45, 7) is 0.323. The maximum atomic E-state index is 12.1. The van der Waals surface area contributed by atoms with E-state index in [1.807, 2.05) is 48.7 Å². The number of amides is 1. The van der Waals surface area contributed by atoms with Crippen LogP contribution in [-0.2, 0) is 11.3 Å². The van der Waals surface area contributed by atoms with Gasteiger partial charge in [0.2, 0.25) is 0 Å². The minimum absolute atomic E-state index is 0.0283. The minimum atomic E-state index is -0.559. The van der Waals surface area contributed by atoms with Crippen molar-refractivity contribution in [3.05, 3.63) is 106 Å². The zero-order valence-corrected chi connectivity index (χ0v) is 17.0. The fraction of sp³-hybridized carbons (Fsp3) is 0.0833. The zero-order chi connectivity index (χ0) is 22.3. The number of hydrogen-bond donors (Lipinski definition) is 1. The molecule has 32 heavy (non-hydrogen) atoms. The molecule has 1 N–H and O–H groups in total. The molecule has 0 aliphatic carbocycles. The lowest BCUT2D eigenvalue weighted by Crippen LogP contribution is -2.24. The van der Waals surface area contributed by atoms with E-state index in [1.54, 1.807) is 12.3 Å². The van der Waals surface area contributed by atoms with Crippen molar-refractivity contribution < 1.29 is 14.5 Å². The van der Waals surface area contributed by atoms with Crippen LogP contribution in [-0.4, -0.2) is 28.2 Å². The summed E-state index contributed by atoms with van der Waals surface area (Å²) in [6.07, 6.45) is 3.56. The molecule has 0 radical (unpaired) electrons. The molecule has 4 rings (SSSR count). The van der Waals surface area contributed by atoms with E-state index in [-0.39, 0.29) is 11.4 Å². The van der Waals surface area contributed by atoms with Crippen LogP contribution in [0.4, 0.5) is 5.69 Å². The quantitative estimate of drug-likeness (QED) is 0.259. The lowest BCUT2D eigenvalue weighted by Gasteiger charge is -2.05. The first-order valence-corrected chi connectivity index (χ1v) is 9.92. The first-order valence-electron chi connectivity index (χ1n) is 9.92. The van der Waals surface area contributed by atoms with Gasteiger partial charge in [-0.3, -0.25) is 14.9 Å². The Morgan fingerprint density at radius 2 is 1.75 bits per heavy atom. The van der Waals surface area contributed by atoms with Gasteiger partial charge < -0.3 is 9.30 Å². The third-order valence-corrected chi connectivity index (χ3v) is 4.83. The predicted octanol–water partition coefficient (Wildman–Crippen LogP) is 4.13. The van der Waals surface area contributed by atoms with Crippen LogP contribution in [0.1, 0.15) is 11.1 Å². The number of nitrogens with one attached hydrogen (secondary N) is 1. The summed E-state index contributed by atoms with van der Waals surface area (Å²) in [5.74, 6) is -0.493. The number of rotatable bonds is 8. The largest absolute Gasteiger partial charge is 0.477 e. The fourth-order valence-corrected chi connectivity index (χ4v) is 3.37. The van der Waals surface area contributed by atoms with Gasteiger partial charge in [0.15, 0.2) is 12.4 Å². The van der Waals surface area contributed by atoms with Crippen LogP contribution in [0.5, 0.6) is 5.75 Å². The van der Waals surface area contributed by atoms with Gasteiger partial charge in [-0.2, -0.15) is 5.10 Å². The van der Waals surface area contributed by atoms with Crippen LogP contribution in [0.3, 0.4) is 0 Å². The molecule has 4 aromatic rings. The molecule has 0 bridgehead atoms. The first-order chi connectivity index (χ1) is 15.6. The second-order valence-corrected chi connectivity index (χ2v) is 7.02. The van der Waals surface area contributed by atoms with Crippen molar-refractivity contribution >= 4 is 28.7 Å². The third-order valence-electron chi connectivity index (χ3n) is 4.83. The molecule has 0 saturated carbocycles. The number of benzene rings is 3. The van der Waals surface area contributed by atoms with E-state index in [9.17, 15) is 14.9 Å². The number of para-hydroxylation sites is 3. The van der Waals surface area contributed by atoms with Crippen molar-refractivity contribution in [3.63, 3.8) is 0 Å². The molecule has 0 fully saturated rings. The van der Waals surface area contributed by atoms with Crippen molar-refractivity contribution in [1.82, 2.24) is 9.99 Å². The Balaban J connectivity index is 1.43. The van der Waals surface area contributed by atoms with Crippen LogP contribution >= 0.6 is 0 Å². The molecule has 0 atom stereocenters. The van der Waals surface area contributed by atoms with E-state index in [2.05, 4.69) is 27.2 Å². The summed E-state index contributed by atoms with van der Waals surface area (Å²) in [4.78, 5) is 22.5. The number of nitro benzene ring substituents is 1. The SMILES string of the molecule is O=C(COc1ccccc1[N+](=O)[O-])N/N=C\c1cn(Cc2ccccc2)c2ccccc12. The van der Waals surface area contributed by atoms with Crippen molar-refractivity contribution in [2.75, 3.05) is 6.61 Å². The first kappa shape index (κ1) is 20.8. The topological polar surface area (TPSA) is 98.8 Å². The second kappa shape index (κ2) is 9.57. The van der Waals surface area contributed by atoms with Gasteiger partial charge in [-0.25, -0.2) is 5.43 Å². The summed E-state index contributed by atoms with van der Waals surface area (Å²) in [6, 6.07) is 24.0. The van der Waals surface area contributed by atoms with Gasteiger partial charge in [0.05, 0.1) is 11.1 Å². The number of carbonyl (C=O) groups excluding carboxylic acids is 1.